The van der Waals surface area contributed by atoms with Crippen molar-refractivity contribution < 1.29 is 0 Å². The van der Waals surface area contributed by atoms with Gasteiger partial charge >= 0.3 is 0 Å². The minimum absolute atomic E-state index is 0.0719. The van der Waals surface area contributed by atoms with Gasteiger partial charge in [-0.15, -0.1) is 0 Å². The SMILES string of the molecule is Cc1cc(Br)c2nc(-c3nccn3C)n(C)c(=O)c2c1. The first kappa shape index (κ1) is 13.1. The average Bonchev–Trinajstić information content (AvgIpc) is 2.81. The van der Waals surface area contributed by atoms with Gasteiger partial charge in [0.25, 0.3) is 5.56 Å². The highest BCUT2D eigenvalue weighted by atomic mass is 79.9. The molecule has 0 fully saturated rings. The van der Waals surface area contributed by atoms with Crippen LogP contribution < -0.4 is 5.56 Å². The zero-order chi connectivity index (χ0) is 14.4. The van der Waals surface area contributed by atoms with Crippen LogP contribution in [0.15, 0.2) is 33.8 Å². The summed E-state index contributed by atoms with van der Waals surface area (Å²) < 4.78 is 4.20. The molecule has 0 N–H and O–H groups in total. The quantitative estimate of drug-likeness (QED) is 0.687. The van der Waals surface area contributed by atoms with Gasteiger partial charge in [-0.1, -0.05) is 0 Å². The van der Waals surface area contributed by atoms with Crippen molar-refractivity contribution in [2.75, 3.05) is 0 Å². The molecule has 20 heavy (non-hydrogen) atoms. The molecule has 3 aromatic rings. The molecule has 0 aliphatic heterocycles. The summed E-state index contributed by atoms with van der Waals surface area (Å²) in [5, 5.41) is 0.609. The number of hydrogen-bond donors (Lipinski definition) is 0. The predicted molar refractivity (Wildman–Crippen MR) is 81.6 cm³/mol. The zero-order valence-corrected chi connectivity index (χ0v) is 13.0. The van der Waals surface area contributed by atoms with Gasteiger partial charge in [-0.25, -0.2) is 9.97 Å². The van der Waals surface area contributed by atoms with Gasteiger partial charge in [0.2, 0.25) is 0 Å². The van der Waals surface area contributed by atoms with E-state index in [1.165, 1.54) is 4.57 Å². The Hall–Kier alpha value is -1.95. The van der Waals surface area contributed by atoms with Crippen molar-refractivity contribution in [2.24, 2.45) is 14.1 Å². The number of imidazole rings is 1. The van der Waals surface area contributed by atoms with Gasteiger partial charge in [-0.2, -0.15) is 0 Å². The summed E-state index contributed by atoms with van der Waals surface area (Å²) in [7, 11) is 3.60. The van der Waals surface area contributed by atoms with Crippen LogP contribution in [0, 0.1) is 6.92 Å². The molecule has 0 radical (unpaired) electrons. The summed E-state index contributed by atoms with van der Waals surface area (Å²) in [4.78, 5) is 21.4. The van der Waals surface area contributed by atoms with Crippen LogP contribution in [-0.4, -0.2) is 19.1 Å². The van der Waals surface area contributed by atoms with E-state index in [4.69, 9.17) is 0 Å². The Kier molecular flexibility index (Phi) is 2.97. The van der Waals surface area contributed by atoms with Gasteiger partial charge < -0.3 is 4.57 Å². The van der Waals surface area contributed by atoms with Gasteiger partial charge in [-0.05, 0) is 40.5 Å². The summed E-state index contributed by atoms with van der Waals surface area (Å²) in [5.41, 5.74) is 1.61. The van der Waals surface area contributed by atoms with E-state index in [1.54, 1.807) is 13.2 Å². The van der Waals surface area contributed by atoms with Gasteiger partial charge in [0.15, 0.2) is 11.6 Å². The number of hydrogen-bond acceptors (Lipinski definition) is 3. The number of aryl methyl sites for hydroxylation is 2. The second-order valence-electron chi connectivity index (χ2n) is 4.80. The number of nitrogens with zero attached hydrogens (tertiary/aromatic N) is 4. The second-order valence-corrected chi connectivity index (χ2v) is 5.66. The van der Waals surface area contributed by atoms with Crippen molar-refractivity contribution in [2.45, 2.75) is 6.92 Å². The second kappa shape index (κ2) is 4.56. The average molecular weight is 333 g/mol. The summed E-state index contributed by atoms with van der Waals surface area (Å²) in [6, 6.07) is 3.81. The van der Waals surface area contributed by atoms with E-state index in [9.17, 15) is 4.79 Å². The number of fused-ring (bicyclic) bond motifs is 1. The van der Waals surface area contributed by atoms with Crippen LogP contribution >= 0.6 is 15.9 Å². The largest absolute Gasteiger partial charge is 0.331 e. The molecule has 2 aromatic heterocycles. The maximum atomic E-state index is 12.5. The van der Waals surface area contributed by atoms with E-state index in [-0.39, 0.29) is 5.56 Å². The molecule has 0 amide bonds. The molecule has 2 heterocycles. The Bertz CT molecular complexity index is 879. The number of aromatic nitrogens is 4. The van der Waals surface area contributed by atoms with Crippen molar-refractivity contribution in [1.82, 2.24) is 19.1 Å². The molecule has 3 rings (SSSR count). The topological polar surface area (TPSA) is 52.7 Å². The number of benzene rings is 1. The Morgan fingerprint density at radius 2 is 1.95 bits per heavy atom. The van der Waals surface area contributed by atoms with E-state index >= 15 is 0 Å². The molecular formula is C14H13BrN4O. The molecule has 0 saturated heterocycles. The van der Waals surface area contributed by atoms with Crippen LogP contribution in [0.4, 0.5) is 0 Å². The Morgan fingerprint density at radius 3 is 2.60 bits per heavy atom. The predicted octanol–water partition coefficient (Wildman–Crippen LogP) is 2.40. The van der Waals surface area contributed by atoms with Crippen LogP contribution in [0.25, 0.3) is 22.6 Å². The number of halogens is 1. The fourth-order valence-electron chi connectivity index (χ4n) is 2.25. The van der Waals surface area contributed by atoms with Crippen molar-refractivity contribution in [3.63, 3.8) is 0 Å². The van der Waals surface area contributed by atoms with Gasteiger partial charge in [0, 0.05) is 31.0 Å². The lowest BCUT2D eigenvalue weighted by atomic mass is 10.1. The minimum atomic E-state index is -0.0719. The van der Waals surface area contributed by atoms with Gasteiger partial charge in [-0.3, -0.25) is 9.36 Å². The Balaban J connectivity index is 2.45. The molecule has 0 aliphatic rings. The fraction of sp³-hybridized carbons (Fsp3) is 0.214. The lowest BCUT2D eigenvalue weighted by Gasteiger charge is -2.10. The molecule has 6 heteroatoms. The maximum absolute atomic E-state index is 12.5. The first-order valence-electron chi connectivity index (χ1n) is 6.13. The third-order valence-electron chi connectivity index (χ3n) is 3.30. The Morgan fingerprint density at radius 1 is 1.20 bits per heavy atom. The molecule has 102 valence electrons. The zero-order valence-electron chi connectivity index (χ0n) is 11.4. The normalized spacial score (nSPS) is 11.2. The molecule has 5 nitrogen and oxygen atoms in total. The molecule has 0 unspecified atom stereocenters. The fourth-order valence-corrected chi connectivity index (χ4v) is 2.91. The van der Waals surface area contributed by atoms with Crippen molar-refractivity contribution >= 4 is 26.8 Å². The van der Waals surface area contributed by atoms with E-state index in [0.717, 1.165) is 10.0 Å². The molecular weight excluding hydrogens is 320 g/mol. The number of rotatable bonds is 1. The van der Waals surface area contributed by atoms with Gasteiger partial charge in [0.05, 0.1) is 10.9 Å². The van der Waals surface area contributed by atoms with Crippen LogP contribution in [-0.2, 0) is 14.1 Å². The smallest absolute Gasteiger partial charge is 0.261 e. The highest BCUT2D eigenvalue weighted by Crippen LogP contribution is 2.24. The summed E-state index contributed by atoms with van der Waals surface area (Å²) in [6.45, 7) is 1.95. The molecule has 0 aliphatic carbocycles. The van der Waals surface area contributed by atoms with Crippen LogP contribution in [0.3, 0.4) is 0 Å². The monoisotopic (exact) mass is 332 g/mol. The van der Waals surface area contributed by atoms with E-state index in [2.05, 4.69) is 25.9 Å². The summed E-state index contributed by atoms with van der Waals surface area (Å²) in [5.74, 6) is 1.22. The first-order chi connectivity index (χ1) is 9.49. The first-order valence-corrected chi connectivity index (χ1v) is 6.93. The highest BCUT2D eigenvalue weighted by molar-refractivity contribution is 9.10. The van der Waals surface area contributed by atoms with Crippen LogP contribution in [0.1, 0.15) is 5.56 Å². The van der Waals surface area contributed by atoms with E-state index < -0.39 is 0 Å². The molecule has 0 bridgehead atoms. The maximum Gasteiger partial charge on any atom is 0.261 e. The molecule has 0 spiro atoms. The molecule has 1 aromatic carbocycles. The van der Waals surface area contributed by atoms with Crippen molar-refractivity contribution in [3.05, 3.63) is 44.9 Å². The molecule has 0 saturated carbocycles. The standard InChI is InChI=1S/C14H13BrN4O/c1-8-6-9-11(10(15)7-8)17-13(19(3)14(9)20)12-16-4-5-18(12)2/h4-7H,1-3H3. The van der Waals surface area contributed by atoms with Crippen molar-refractivity contribution in [1.29, 1.82) is 0 Å². The third kappa shape index (κ3) is 1.87. The van der Waals surface area contributed by atoms with Crippen molar-refractivity contribution in [3.8, 4) is 11.6 Å². The summed E-state index contributed by atoms with van der Waals surface area (Å²) in [6.07, 6.45) is 3.52. The lowest BCUT2D eigenvalue weighted by molar-refractivity contribution is 0.817. The lowest BCUT2D eigenvalue weighted by Crippen LogP contribution is -2.21. The molecule has 0 atom stereocenters. The van der Waals surface area contributed by atoms with Crippen LogP contribution in [0.5, 0.6) is 0 Å². The van der Waals surface area contributed by atoms with E-state index in [0.29, 0.717) is 22.6 Å². The van der Waals surface area contributed by atoms with E-state index in [1.807, 2.05) is 36.9 Å². The summed E-state index contributed by atoms with van der Waals surface area (Å²) >= 11 is 3.48. The highest BCUT2D eigenvalue weighted by Gasteiger charge is 2.15. The van der Waals surface area contributed by atoms with Gasteiger partial charge in [0.1, 0.15) is 0 Å². The minimum Gasteiger partial charge on any atom is -0.331 e. The van der Waals surface area contributed by atoms with Crippen LogP contribution in [0.2, 0.25) is 0 Å². The third-order valence-corrected chi connectivity index (χ3v) is 3.90. The Labute approximate surface area is 124 Å².